The van der Waals surface area contributed by atoms with Crippen molar-refractivity contribution >= 4 is 22.8 Å². The van der Waals surface area contributed by atoms with Crippen molar-refractivity contribution in [3.8, 4) is 11.5 Å². The minimum Gasteiger partial charge on any atom is -0.497 e. The van der Waals surface area contributed by atoms with Gasteiger partial charge < -0.3 is 29.0 Å². The van der Waals surface area contributed by atoms with Gasteiger partial charge in [-0.3, -0.25) is 4.79 Å². The SMILES string of the molecule is COc1ccc(CNC(=O)Cn2ccc3ccc(N4CCOCC4)nc32)c(OC)c1. The summed E-state index contributed by atoms with van der Waals surface area (Å²) in [6.07, 6.45) is 1.90. The molecule has 0 unspecified atom stereocenters. The van der Waals surface area contributed by atoms with E-state index in [2.05, 4.69) is 10.2 Å². The van der Waals surface area contributed by atoms with Gasteiger partial charge in [0.2, 0.25) is 5.91 Å². The fourth-order valence-corrected chi connectivity index (χ4v) is 3.55. The molecule has 0 saturated carbocycles. The first-order chi connectivity index (χ1) is 14.7. The molecule has 0 aliphatic carbocycles. The number of nitrogens with zero attached hydrogens (tertiary/aromatic N) is 3. The Labute approximate surface area is 175 Å². The van der Waals surface area contributed by atoms with E-state index in [1.807, 2.05) is 41.1 Å². The summed E-state index contributed by atoms with van der Waals surface area (Å²) in [4.78, 5) is 19.6. The van der Waals surface area contributed by atoms with Crippen molar-refractivity contribution in [3.63, 3.8) is 0 Å². The molecule has 0 bridgehead atoms. The van der Waals surface area contributed by atoms with Crippen LogP contribution in [-0.4, -0.2) is 56.0 Å². The van der Waals surface area contributed by atoms with Crippen LogP contribution < -0.4 is 19.7 Å². The average molecular weight is 410 g/mol. The van der Waals surface area contributed by atoms with Gasteiger partial charge in [-0.1, -0.05) is 0 Å². The van der Waals surface area contributed by atoms with Crippen LogP contribution in [0.5, 0.6) is 11.5 Å². The summed E-state index contributed by atoms with van der Waals surface area (Å²) in [5.74, 6) is 2.21. The minimum atomic E-state index is -0.0936. The first kappa shape index (κ1) is 20.0. The maximum absolute atomic E-state index is 12.6. The summed E-state index contributed by atoms with van der Waals surface area (Å²) in [5, 5.41) is 3.97. The normalized spacial score (nSPS) is 14.0. The predicted octanol–water partition coefficient (Wildman–Crippen LogP) is 2.21. The fraction of sp³-hybridized carbons (Fsp3) is 0.364. The van der Waals surface area contributed by atoms with Crippen LogP contribution in [0.2, 0.25) is 0 Å². The number of morpholine rings is 1. The number of aromatic nitrogens is 2. The number of amides is 1. The predicted molar refractivity (Wildman–Crippen MR) is 114 cm³/mol. The molecule has 1 aromatic carbocycles. The lowest BCUT2D eigenvalue weighted by Crippen LogP contribution is -2.36. The van der Waals surface area contributed by atoms with E-state index in [9.17, 15) is 4.79 Å². The third-order valence-electron chi connectivity index (χ3n) is 5.22. The standard InChI is InChI=1S/C22H26N4O4/c1-28-18-5-3-17(19(13-18)29-2)14-23-21(27)15-26-8-7-16-4-6-20(24-22(16)26)25-9-11-30-12-10-25/h3-8,13H,9-12,14-15H2,1-2H3,(H,23,27). The number of nitrogens with one attached hydrogen (secondary N) is 1. The molecule has 4 rings (SSSR count). The first-order valence-electron chi connectivity index (χ1n) is 9.94. The molecular formula is C22H26N4O4. The van der Waals surface area contributed by atoms with Crippen molar-refractivity contribution in [2.75, 3.05) is 45.4 Å². The molecule has 0 spiro atoms. The molecule has 1 amide bonds. The van der Waals surface area contributed by atoms with Crippen molar-refractivity contribution in [1.82, 2.24) is 14.9 Å². The van der Waals surface area contributed by atoms with Crippen LogP contribution in [0.25, 0.3) is 11.0 Å². The summed E-state index contributed by atoms with van der Waals surface area (Å²) < 4.78 is 17.9. The van der Waals surface area contributed by atoms with Crippen LogP contribution in [0.15, 0.2) is 42.6 Å². The quantitative estimate of drug-likeness (QED) is 0.644. The zero-order valence-corrected chi connectivity index (χ0v) is 17.3. The zero-order valence-electron chi connectivity index (χ0n) is 17.3. The Bertz CT molecular complexity index is 1030. The maximum Gasteiger partial charge on any atom is 0.240 e. The molecule has 1 fully saturated rings. The molecule has 3 aromatic rings. The number of benzene rings is 1. The Balaban J connectivity index is 1.44. The molecule has 2 aromatic heterocycles. The van der Waals surface area contributed by atoms with Crippen LogP contribution in [0, 0.1) is 0 Å². The molecule has 1 saturated heterocycles. The smallest absolute Gasteiger partial charge is 0.240 e. The van der Waals surface area contributed by atoms with Gasteiger partial charge in [-0.15, -0.1) is 0 Å². The molecular weight excluding hydrogens is 384 g/mol. The Morgan fingerprint density at radius 3 is 2.73 bits per heavy atom. The Hall–Kier alpha value is -3.26. The molecule has 158 valence electrons. The van der Waals surface area contributed by atoms with E-state index in [1.54, 1.807) is 20.3 Å². The summed E-state index contributed by atoms with van der Waals surface area (Å²) in [5.41, 5.74) is 1.69. The average Bonchev–Trinajstić information content (AvgIpc) is 3.20. The van der Waals surface area contributed by atoms with Crippen molar-refractivity contribution < 1.29 is 19.0 Å². The number of anilines is 1. The van der Waals surface area contributed by atoms with Crippen molar-refractivity contribution in [1.29, 1.82) is 0 Å². The Morgan fingerprint density at radius 1 is 1.13 bits per heavy atom. The van der Waals surface area contributed by atoms with E-state index < -0.39 is 0 Å². The lowest BCUT2D eigenvalue weighted by atomic mass is 10.2. The van der Waals surface area contributed by atoms with Crippen molar-refractivity contribution in [2.45, 2.75) is 13.1 Å². The largest absolute Gasteiger partial charge is 0.497 e. The number of rotatable bonds is 7. The lowest BCUT2D eigenvalue weighted by molar-refractivity contribution is -0.121. The number of methoxy groups -OCH3 is 2. The van der Waals surface area contributed by atoms with E-state index in [4.69, 9.17) is 19.2 Å². The number of fused-ring (bicyclic) bond motifs is 1. The maximum atomic E-state index is 12.6. The highest BCUT2D eigenvalue weighted by Gasteiger charge is 2.15. The molecule has 1 aliphatic rings. The molecule has 1 N–H and O–H groups in total. The molecule has 3 heterocycles. The molecule has 8 nitrogen and oxygen atoms in total. The van der Waals surface area contributed by atoms with E-state index in [0.717, 1.165) is 35.5 Å². The van der Waals surface area contributed by atoms with Gasteiger partial charge in [0.25, 0.3) is 0 Å². The van der Waals surface area contributed by atoms with Crippen LogP contribution in [-0.2, 0) is 22.6 Å². The van der Waals surface area contributed by atoms with E-state index in [1.165, 1.54) is 0 Å². The van der Waals surface area contributed by atoms with Gasteiger partial charge in [0.05, 0.1) is 27.4 Å². The zero-order chi connectivity index (χ0) is 20.9. The number of pyridine rings is 1. The van der Waals surface area contributed by atoms with Gasteiger partial charge in [-0.25, -0.2) is 4.98 Å². The second kappa shape index (κ2) is 9.04. The molecule has 1 aliphatic heterocycles. The number of ether oxygens (including phenoxy) is 3. The van der Waals surface area contributed by atoms with Crippen LogP contribution in [0.4, 0.5) is 5.82 Å². The highest BCUT2D eigenvalue weighted by atomic mass is 16.5. The first-order valence-corrected chi connectivity index (χ1v) is 9.94. The minimum absolute atomic E-state index is 0.0936. The van der Waals surface area contributed by atoms with E-state index in [0.29, 0.717) is 31.3 Å². The highest BCUT2D eigenvalue weighted by Crippen LogP contribution is 2.24. The fourth-order valence-electron chi connectivity index (χ4n) is 3.55. The second-order valence-electron chi connectivity index (χ2n) is 7.08. The van der Waals surface area contributed by atoms with Gasteiger partial charge in [0.1, 0.15) is 29.5 Å². The summed E-state index contributed by atoms with van der Waals surface area (Å²) in [6, 6.07) is 11.6. The Kier molecular flexibility index (Phi) is 6.04. The second-order valence-corrected chi connectivity index (χ2v) is 7.08. The van der Waals surface area contributed by atoms with Crippen LogP contribution >= 0.6 is 0 Å². The van der Waals surface area contributed by atoms with Crippen molar-refractivity contribution in [2.24, 2.45) is 0 Å². The van der Waals surface area contributed by atoms with Crippen LogP contribution in [0.1, 0.15) is 5.56 Å². The lowest BCUT2D eigenvalue weighted by Gasteiger charge is -2.27. The number of hydrogen-bond donors (Lipinski definition) is 1. The number of carbonyl (C=O) groups excluding carboxylic acids is 1. The summed E-state index contributed by atoms with van der Waals surface area (Å²) in [7, 11) is 3.21. The van der Waals surface area contributed by atoms with E-state index in [-0.39, 0.29) is 12.5 Å². The number of hydrogen-bond acceptors (Lipinski definition) is 6. The van der Waals surface area contributed by atoms with E-state index >= 15 is 0 Å². The van der Waals surface area contributed by atoms with Gasteiger partial charge in [-0.2, -0.15) is 0 Å². The van der Waals surface area contributed by atoms with Crippen LogP contribution in [0.3, 0.4) is 0 Å². The third-order valence-corrected chi connectivity index (χ3v) is 5.22. The molecule has 8 heteroatoms. The van der Waals surface area contributed by atoms with Gasteiger partial charge in [-0.05, 0) is 30.3 Å². The monoisotopic (exact) mass is 410 g/mol. The Morgan fingerprint density at radius 2 is 1.97 bits per heavy atom. The van der Waals surface area contributed by atoms with Crippen molar-refractivity contribution in [3.05, 3.63) is 48.2 Å². The topological polar surface area (TPSA) is 77.9 Å². The van der Waals surface area contributed by atoms with Gasteiger partial charge >= 0.3 is 0 Å². The third kappa shape index (κ3) is 4.33. The molecule has 0 atom stereocenters. The molecule has 0 radical (unpaired) electrons. The number of carbonyl (C=O) groups is 1. The van der Waals surface area contributed by atoms with Gasteiger partial charge in [0.15, 0.2) is 0 Å². The summed E-state index contributed by atoms with van der Waals surface area (Å²) in [6.45, 7) is 3.63. The summed E-state index contributed by atoms with van der Waals surface area (Å²) >= 11 is 0. The van der Waals surface area contributed by atoms with Gasteiger partial charge in [0, 0.05) is 42.8 Å². The highest BCUT2D eigenvalue weighted by molar-refractivity contribution is 5.82. The molecule has 30 heavy (non-hydrogen) atoms.